The Morgan fingerprint density at radius 2 is 1.58 bits per heavy atom. The van der Waals surface area contributed by atoms with Gasteiger partial charge in [0.05, 0.1) is 6.04 Å². The summed E-state index contributed by atoms with van der Waals surface area (Å²) in [5.41, 5.74) is 11.2. The average molecular weight is 440 g/mol. The van der Waals surface area contributed by atoms with E-state index < -0.39 is 11.6 Å². The van der Waals surface area contributed by atoms with Crippen LogP contribution in [0, 0.1) is 6.92 Å². The van der Waals surface area contributed by atoms with Crippen molar-refractivity contribution in [3.8, 4) is 11.1 Å². The largest absolute Gasteiger partial charge is 0.456 e. The van der Waals surface area contributed by atoms with Crippen molar-refractivity contribution in [1.82, 2.24) is 10.3 Å². The molecule has 0 spiro atoms. The van der Waals surface area contributed by atoms with E-state index in [1.807, 2.05) is 54.6 Å². The summed E-state index contributed by atoms with van der Waals surface area (Å²) >= 11 is 0. The van der Waals surface area contributed by atoms with Crippen LogP contribution in [0.15, 0.2) is 83.3 Å². The van der Waals surface area contributed by atoms with Gasteiger partial charge in [0.15, 0.2) is 5.69 Å². The number of aryl methyl sites for hydroxylation is 1. The third-order valence-corrected chi connectivity index (χ3v) is 5.92. The first-order valence-corrected chi connectivity index (χ1v) is 10.9. The van der Waals surface area contributed by atoms with Crippen molar-refractivity contribution in [1.29, 1.82) is 0 Å². The smallest absolute Gasteiger partial charge is 0.360 e. The zero-order valence-electron chi connectivity index (χ0n) is 18.5. The molecule has 1 aliphatic carbocycles. The van der Waals surface area contributed by atoms with E-state index in [0.29, 0.717) is 5.76 Å². The second-order valence-electron chi connectivity index (χ2n) is 8.44. The standard InChI is InChI=1S/C27H25N3O3/c1-17-23(25(31)32-16-18-10-4-3-5-11-18)29-26(33-17)27(2,28)30-24-21-14-8-6-12-19(21)20-13-7-9-15-22(20)24/h3-15,24,30H,16,28H2,1-2H3/t27-/m1/s1. The lowest BCUT2D eigenvalue weighted by molar-refractivity contribution is 0.0464. The summed E-state index contributed by atoms with van der Waals surface area (Å²) in [6.07, 6.45) is 0. The molecule has 166 valence electrons. The summed E-state index contributed by atoms with van der Waals surface area (Å²) < 4.78 is 11.3. The Morgan fingerprint density at radius 3 is 2.21 bits per heavy atom. The fraction of sp³-hybridized carbons (Fsp3) is 0.185. The van der Waals surface area contributed by atoms with Gasteiger partial charge in [0.2, 0.25) is 5.89 Å². The first-order valence-electron chi connectivity index (χ1n) is 10.9. The predicted octanol–water partition coefficient (Wildman–Crippen LogP) is 4.83. The highest BCUT2D eigenvalue weighted by atomic mass is 16.5. The number of ether oxygens (including phenoxy) is 1. The lowest BCUT2D eigenvalue weighted by Gasteiger charge is -2.28. The predicted molar refractivity (Wildman–Crippen MR) is 125 cm³/mol. The van der Waals surface area contributed by atoms with Crippen molar-refractivity contribution in [3.05, 3.63) is 113 Å². The minimum atomic E-state index is -1.13. The molecule has 3 aromatic carbocycles. The van der Waals surface area contributed by atoms with E-state index in [9.17, 15) is 4.79 Å². The molecule has 0 bridgehead atoms. The van der Waals surface area contributed by atoms with E-state index in [4.69, 9.17) is 14.9 Å². The molecule has 0 fully saturated rings. The molecule has 6 nitrogen and oxygen atoms in total. The van der Waals surface area contributed by atoms with Crippen LogP contribution in [0.4, 0.5) is 0 Å². The van der Waals surface area contributed by atoms with E-state index >= 15 is 0 Å². The zero-order chi connectivity index (χ0) is 23.0. The summed E-state index contributed by atoms with van der Waals surface area (Å²) in [5.74, 6) is 0.0565. The number of oxazole rings is 1. The average Bonchev–Trinajstić information content (AvgIpc) is 3.38. The van der Waals surface area contributed by atoms with Crippen molar-refractivity contribution in [2.45, 2.75) is 32.2 Å². The lowest BCUT2D eigenvalue weighted by atomic mass is 10.0. The van der Waals surface area contributed by atoms with Crippen LogP contribution < -0.4 is 11.1 Å². The van der Waals surface area contributed by atoms with Gasteiger partial charge >= 0.3 is 5.97 Å². The maximum absolute atomic E-state index is 12.6. The van der Waals surface area contributed by atoms with E-state index in [-0.39, 0.29) is 24.2 Å². The van der Waals surface area contributed by atoms with Gasteiger partial charge in [-0.1, -0.05) is 78.9 Å². The number of nitrogens with one attached hydrogen (secondary N) is 1. The Kier molecular flexibility index (Phi) is 5.32. The van der Waals surface area contributed by atoms with Gasteiger partial charge in [-0.3, -0.25) is 5.32 Å². The fourth-order valence-electron chi connectivity index (χ4n) is 4.27. The molecular formula is C27H25N3O3. The number of nitrogens with zero attached hydrogens (tertiary/aromatic N) is 1. The number of hydrogen-bond donors (Lipinski definition) is 2. The molecule has 0 saturated heterocycles. The van der Waals surface area contributed by atoms with Gasteiger partial charge in [-0.15, -0.1) is 0 Å². The highest BCUT2D eigenvalue weighted by molar-refractivity contribution is 5.88. The van der Waals surface area contributed by atoms with Crippen molar-refractivity contribution < 1.29 is 13.9 Å². The maximum Gasteiger partial charge on any atom is 0.360 e. The number of esters is 1. The van der Waals surface area contributed by atoms with Crippen molar-refractivity contribution in [2.24, 2.45) is 5.73 Å². The van der Waals surface area contributed by atoms with Crippen LogP contribution >= 0.6 is 0 Å². The molecular weight excluding hydrogens is 414 g/mol. The van der Waals surface area contributed by atoms with Gasteiger partial charge in [0.25, 0.3) is 0 Å². The molecule has 0 aliphatic heterocycles. The van der Waals surface area contributed by atoms with Crippen molar-refractivity contribution >= 4 is 5.97 Å². The van der Waals surface area contributed by atoms with Crippen molar-refractivity contribution in [2.75, 3.05) is 0 Å². The molecule has 0 unspecified atom stereocenters. The van der Waals surface area contributed by atoms with Crippen molar-refractivity contribution in [3.63, 3.8) is 0 Å². The van der Waals surface area contributed by atoms with Crippen LogP contribution in [0.25, 0.3) is 11.1 Å². The minimum Gasteiger partial charge on any atom is -0.456 e. The summed E-state index contributed by atoms with van der Waals surface area (Å²) in [7, 11) is 0. The van der Waals surface area contributed by atoms with Crippen LogP contribution in [-0.4, -0.2) is 11.0 Å². The number of rotatable bonds is 6. The molecule has 1 aromatic heterocycles. The summed E-state index contributed by atoms with van der Waals surface area (Å²) in [5, 5.41) is 3.49. The van der Waals surface area contributed by atoms with E-state index in [2.05, 4.69) is 34.6 Å². The summed E-state index contributed by atoms with van der Waals surface area (Å²) in [6.45, 7) is 3.64. The van der Waals surface area contributed by atoms with Gasteiger partial charge in [-0.2, -0.15) is 0 Å². The number of benzene rings is 3. The van der Waals surface area contributed by atoms with Gasteiger partial charge in [-0.05, 0) is 41.7 Å². The summed E-state index contributed by atoms with van der Waals surface area (Å²) in [4.78, 5) is 17.1. The number of hydrogen-bond acceptors (Lipinski definition) is 6. The monoisotopic (exact) mass is 439 g/mol. The van der Waals surface area contributed by atoms with Crippen LogP contribution in [-0.2, 0) is 17.0 Å². The number of aromatic nitrogens is 1. The molecule has 3 N–H and O–H groups in total. The second-order valence-corrected chi connectivity index (χ2v) is 8.44. The van der Waals surface area contributed by atoms with Gasteiger partial charge in [0, 0.05) is 0 Å². The Bertz CT molecular complexity index is 1270. The minimum absolute atomic E-state index is 0.131. The SMILES string of the molecule is Cc1oc([C@](C)(N)NC2c3ccccc3-c3ccccc32)nc1C(=O)OCc1ccccc1. The Morgan fingerprint density at radius 1 is 1.00 bits per heavy atom. The first kappa shape index (κ1) is 21.1. The highest BCUT2D eigenvalue weighted by Crippen LogP contribution is 2.44. The molecule has 1 atom stereocenters. The van der Waals surface area contributed by atoms with Gasteiger partial charge < -0.3 is 14.9 Å². The van der Waals surface area contributed by atoms with Gasteiger partial charge in [0.1, 0.15) is 18.0 Å². The number of carbonyl (C=O) groups excluding carboxylic acids is 1. The fourth-order valence-corrected chi connectivity index (χ4v) is 4.27. The van der Waals surface area contributed by atoms with Gasteiger partial charge in [-0.25, -0.2) is 9.78 Å². The number of fused-ring (bicyclic) bond motifs is 3. The summed E-state index contributed by atoms with van der Waals surface area (Å²) in [6, 6.07) is 25.9. The van der Waals surface area contributed by atoms with Crippen LogP contribution in [0.1, 0.15) is 51.8 Å². The maximum atomic E-state index is 12.6. The topological polar surface area (TPSA) is 90.4 Å². The molecule has 1 aliphatic rings. The molecule has 5 rings (SSSR count). The molecule has 0 saturated carbocycles. The lowest BCUT2D eigenvalue weighted by Crippen LogP contribution is -2.49. The molecule has 1 heterocycles. The molecule has 6 heteroatoms. The molecule has 4 aromatic rings. The third kappa shape index (κ3) is 3.95. The normalized spacial score (nSPS) is 14.4. The van der Waals surface area contributed by atoms with Crippen LogP contribution in [0.3, 0.4) is 0 Å². The van der Waals surface area contributed by atoms with E-state index in [1.54, 1.807) is 13.8 Å². The Balaban J connectivity index is 1.38. The number of nitrogens with two attached hydrogens (primary N) is 1. The van der Waals surface area contributed by atoms with Crippen LogP contribution in [0.2, 0.25) is 0 Å². The zero-order valence-corrected chi connectivity index (χ0v) is 18.5. The first-order chi connectivity index (χ1) is 15.9. The second kappa shape index (κ2) is 8.31. The Hall–Kier alpha value is -3.74. The molecule has 0 amide bonds. The quantitative estimate of drug-likeness (QED) is 0.330. The highest BCUT2D eigenvalue weighted by Gasteiger charge is 2.37. The molecule has 0 radical (unpaired) electrons. The van der Waals surface area contributed by atoms with E-state index in [0.717, 1.165) is 16.7 Å². The third-order valence-electron chi connectivity index (χ3n) is 5.92. The molecule has 33 heavy (non-hydrogen) atoms. The van der Waals surface area contributed by atoms with Crippen LogP contribution in [0.5, 0.6) is 0 Å². The number of carbonyl (C=O) groups is 1. The Labute approximate surface area is 192 Å². The van der Waals surface area contributed by atoms with E-state index in [1.165, 1.54) is 11.1 Å².